The molecule has 62 heavy (non-hydrogen) atoms. The SMILES string of the molecule is CC/C=C\C/C=C\C/C=C\C/C=C\CCCCCC(=O)OCC(COC(=O)CCCCCCCCC/C=C\C/C=C\CC)OC(=O)CCCCCC/C=C\C/C=C\C/C=C\CC. The minimum absolute atomic E-state index is 0.104. The van der Waals surface area contributed by atoms with Crippen LogP contribution in [0.3, 0.4) is 0 Å². The van der Waals surface area contributed by atoms with Crippen LogP contribution in [0.15, 0.2) is 109 Å². The van der Waals surface area contributed by atoms with Crippen LogP contribution in [-0.4, -0.2) is 37.2 Å². The molecule has 0 aliphatic rings. The molecule has 6 nitrogen and oxygen atoms in total. The number of allylic oxidation sites excluding steroid dienone is 18. The lowest BCUT2D eigenvalue weighted by molar-refractivity contribution is -0.167. The van der Waals surface area contributed by atoms with E-state index >= 15 is 0 Å². The molecule has 0 aromatic rings. The molecule has 0 N–H and O–H groups in total. The van der Waals surface area contributed by atoms with Crippen molar-refractivity contribution in [2.45, 2.75) is 213 Å². The molecule has 1 unspecified atom stereocenters. The summed E-state index contributed by atoms with van der Waals surface area (Å²) >= 11 is 0. The minimum Gasteiger partial charge on any atom is -0.462 e. The highest BCUT2D eigenvalue weighted by Crippen LogP contribution is 2.13. The van der Waals surface area contributed by atoms with Crippen LogP contribution < -0.4 is 0 Å². The number of carbonyl (C=O) groups is 3. The predicted octanol–water partition coefficient (Wildman–Crippen LogP) is 16.4. The van der Waals surface area contributed by atoms with E-state index < -0.39 is 6.10 Å². The highest BCUT2D eigenvalue weighted by molar-refractivity contribution is 5.71. The van der Waals surface area contributed by atoms with Gasteiger partial charge in [0.25, 0.3) is 0 Å². The van der Waals surface area contributed by atoms with Gasteiger partial charge in [0.2, 0.25) is 0 Å². The van der Waals surface area contributed by atoms with Crippen molar-refractivity contribution in [2.75, 3.05) is 13.2 Å². The molecule has 6 heteroatoms. The van der Waals surface area contributed by atoms with Gasteiger partial charge in [0, 0.05) is 19.3 Å². The van der Waals surface area contributed by atoms with Crippen LogP contribution in [-0.2, 0) is 28.6 Å². The van der Waals surface area contributed by atoms with Gasteiger partial charge in [-0.3, -0.25) is 14.4 Å². The molecule has 350 valence electrons. The van der Waals surface area contributed by atoms with Crippen molar-refractivity contribution in [1.29, 1.82) is 0 Å². The van der Waals surface area contributed by atoms with Gasteiger partial charge in [-0.25, -0.2) is 0 Å². The van der Waals surface area contributed by atoms with Crippen LogP contribution in [0.25, 0.3) is 0 Å². The van der Waals surface area contributed by atoms with Crippen molar-refractivity contribution >= 4 is 17.9 Å². The van der Waals surface area contributed by atoms with E-state index in [0.29, 0.717) is 12.8 Å². The predicted molar refractivity (Wildman–Crippen MR) is 265 cm³/mol. The van der Waals surface area contributed by atoms with Crippen LogP contribution in [0.1, 0.15) is 207 Å². The van der Waals surface area contributed by atoms with Crippen LogP contribution in [0.5, 0.6) is 0 Å². The van der Waals surface area contributed by atoms with Gasteiger partial charge in [0.05, 0.1) is 0 Å². The first-order chi connectivity index (χ1) is 30.5. The van der Waals surface area contributed by atoms with Crippen LogP contribution in [0, 0.1) is 0 Å². The van der Waals surface area contributed by atoms with Crippen LogP contribution in [0.2, 0.25) is 0 Å². The number of rotatable bonds is 43. The smallest absolute Gasteiger partial charge is 0.306 e. The maximum atomic E-state index is 12.8. The molecule has 0 aromatic heterocycles. The molecule has 0 radical (unpaired) electrons. The zero-order chi connectivity index (χ0) is 45.1. The fraction of sp³-hybridized carbons (Fsp3) is 0.625. The van der Waals surface area contributed by atoms with Crippen molar-refractivity contribution in [3.05, 3.63) is 109 Å². The summed E-state index contributed by atoms with van der Waals surface area (Å²) in [4.78, 5) is 37.9. The Labute approximate surface area is 380 Å². The number of unbranched alkanes of at least 4 members (excludes halogenated alkanes) is 14. The van der Waals surface area contributed by atoms with Crippen LogP contribution in [0.4, 0.5) is 0 Å². The summed E-state index contributed by atoms with van der Waals surface area (Å²) in [6.07, 6.45) is 66.4. The Balaban J connectivity index is 4.50. The van der Waals surface area contributed by atoms with E-state index in [1.807, 2.05) is 0 Å². The summed E-state index contributed by atoms with van der Waals surface area (Å²) in [5.41, 5.74) is 0. The first-order valence-corrected chi connectivity index (χ1v) is 24.9. The Bertz CT molecular complexity index is 1310. The number of hydrogen-bond donors (Lipinski definition) is 0. The fourth-order valence-electron chi connectivity index (χ4n) is 6.37. The van der Waals surface area contributed by atoms with Gasteiger partial charge in [-0.15, -0.1) is 0 Å². The van der Waals surface area contributed by atoms with Gasteiger partial charge in [-0.05, 0) is 116 Å². The molecular formula is C56H90O6. The Morgan fingerprint density at radius 3 is 0.919 bits per heavy atom. The third-order valence-corrected chi connectivity index (χ3v) is 10.0. The first-order valence-electron chi connectivity index (χ1n) is 24.9. The molecule has 0 aromatic carbocycles. The summed E-state index contributed by atoms with van der Waals surface area (Å²) in [7, 11) is 0. The lowest BCUT2D eigenvalue weighted by atomic mass is 10.1. The van der Waals surface area contributed by atoms with Gasteiger partial charge in [-0.2, -0.15) is 0 Å². The fourth-order valence-corrected chi connectivity index (χ4v) is 6.37. The highest BCUT2D eigenvalue weighted by Gasteiger charge is 2.19. The molecule has 0 amide bonds. The summed E-state index contributed by atoms with van der Waals surface area (Å²) in [6.45, 7) is 6.23. The molecular weight excluding hydrogens is 769 g/mol. The molecule has 0 aliphatic carbocycles. The van der Waals surface area contributed by atoms with Gasteiger partial charge < -0.3 is 14.2 Å². The second kappa shape index (κ2) is 49.7. The molecule has 1 atom stereocenters. The van der Waals surface area contributed by atoms with E-state index in [-0.39, 0.29) is 37.5 Å². The van der Waals surface area contributed by atoms with Crippen molar-refractivity contribution in [3.63, 3.8) is 0 Å². The zero-order valence-electron chi connectivity index (χ0n) is 39.8. The minimum atomic E-state index is -0.807. The van der Waals surface area contributed by atoms with E-state index in [1.165, 1.54) is 25.7 Å². The molecule has 0 aliphatic heterocycles. The zero-order valence-corrected chi connectivity index (χ0v) is 39.8. The van der Waals surface area contributed by atoms with Gasteiger partial charge >= 0.3 is 17.9 Å². The molecule has 0 saturated carbocycles. The second-order valence-corrected chi connectivity index (χ2v) is 15.9. The monoisotopic (exact) mass is 859 g/mol. The summed E-state index contributed by atoms with van der Waals surface area (Å²) in [5, 5.41) is 0. The topological polar surface area (TPSA) is 78.9 Å². The Morgan fingerprint density at radius 1 is 0.323 bits per heavy atom. The Kier molecular flexibility index (Phi) is 46.6. The van der Waals surface area contributed by atoms with E-state index in [2.05, 4.69) is 130 Å². The summed E-state index contributed by atoms with van der Waals surface area (Å²) in [6, 6.07) is 0. The van der Waals surface area contributed by atoms with Crippen molar-refractivity contribution < 1.29 is 28.6 Å². The average Bonchev–Trinajstić information content (AvgIpc) is 3.27. The lowest BCUT2D eigenvalue weighted by Gasteiger charge is -2.18. The molecule has 0 fully saturated rings. The molecule has 0 rings (SSSR count). The van der Waals surface area contributed by atoms with Crippen molar-refractivity contribution in [1.82, 2.24) is 0 Å². The lowest BCUT2D eigenvalue weighted by Crippen LogP contribution is -2.30. The third kappa shape index (κ3) is 47.1. The largest absolute Gasteiger partial charge is 0.462 e. The standard InChI is InChI=1S/C56H90O6/c1-4-7-10-13-16-19-22-25-28-29-32-34-37-40-43-46-49-55(58)61-52-53(62-56(59)50-47-44-41-38-35-31-27-24-21-18-15-12-9-6-3)51-60-54(57)48-45-42-39-36-33-30-26-23-20-17-14-11-8-5-2/h7-12,16-21,25,27-28,31-32,34,53H,4-6,13-15,22-24,26,29-30,33,35-52H2,1-3H3/b10-7-,11-8-,12-9-,19-16-,20-17-,21-18-,28-25-,31-27-,34-32-. The summed E-state index contributed by atoms with van der Waals surface area (Å²) < 4.78 is 16.7. The molecule has 0 bridgehead atoms. The van der Waals surface area contributed by atoms with Crippen LogP contribution >= 0.6 is 0 Å². The Hall–Kier alpha value is -3.93. The van der Waals surface area contributed by atoms with Gasteiger partial charge in [-0.1, -0.05) is 182 Å². The average molecular weight is 859 g/mol. The van der Waals surface area contributed by atoms with Gasteiger partial charge in [0.1, 0.15) is 13.2 Å². The third-order valence-electron chi connectivity index (χ3n) is 10.0. The Morgan fingerprint density at radius 2 is 0.581 bits per heavy atom. The van der Waals surface area contributed by atoms with E-state index in [1.54, 1.807) is 0 Å². The van der Waals surface area contributed by atoms with Crippen molar-refractivity contribution in [2.24, 2.45) is 0 Å². The van der Waals surface area contributed by atoms with E-state index in [9.17, 15) is 14.4 Å². The summed E-state index contributed by atoms with van der Waals surface area (Å²) in [5.74, 6) is -0.974. The molecule has 0 saturated heterocycles. The maximum absolute atomic E-state index is 12.8. The number of ether oxygens (including phenoxy) is 3. The molecule has 0 heterocycles. The number of esters is 3. The van der Waals surface area contributed by atoms with Crippen molar-refractivity contribution in [3.8, 4) is 0 Å². The second-order valence-electron chi connectivity index (χ2n) is 15.9. The quantitative estimate of drug-likeness (QED) is 0.0263. The first kappa shape index (κ1) is 58.1. The van der Waals surface area contributed by atoms with E-state index in [4.69, 9.17) is 14.2 Å². The highest BCUT2D eigenvalue weighted by atomic mass is 16.6. The maximum Gasteiger partial charge on any atom is 0.306 e. The van der Waals surface area contributed by atoms with E-state index in [0.717, 1.165) is 141 Å². The normalized spacial score (nSPS) is 13.0. The van der Waals surface area contributed by atoms with Gasteiger partial charge in [0.15, 0.2) is 6.10 Å². The molecule has 0 spiro atoms. The number of carbonyl (C=O) groups excluding carboxylic acids is 3. The number of hydrogen-bond acceptors (Lipinski definition) is 6.